The van der Waals surface area contributed by atoms with Crippen molar-refractivity contribution < 1.29 is 24.1 Å². The monoisotopic (exact) mass is 506 g/mol. The van der Waals surface area contributed by atoms with Gasteiger partial charge in [0.2, 0.25) is 5.91 Å². The summed E-state index contributed by atoms with van der Waals surface area (Å²) in [6, 6.07) is 6.08. The van der Waals surface area contributed by atoms with Crippen molar-refractivity contribution in [2.75, 3.05) is 53.6 Å². The van der Waals surface area contributed by atoms with E-state index < -0.39 is 6.29 Å². The minimum absolute atomic E-state index is 0.000760. The molecule has 206 valence electrons. The van der Waals surface area contributed by atoms with Crippen molar-refractivity contribution >= 4 is 5.91 Å². The number of ether oxygens (including phenoxy) is 3. The number of carbonyl (C=O) groups is 1. The number of hydrogen-bond acceptors (Lipinski definition) is 6. The number of benzene rings is 1. The van der Waals surface area contributed by atoms with Gasteiger partial charge in [-0.15, -0.1) is 0 Å². The predicted molar refractivity (Wildman–Crippen MR) is 144 cm³/mol. The van der Waals surface area contributed by atoms with Crippen LogP contribution in [0, 0.1) is 0 Å². The van der Waals surface area contributed by atoms with Crippen LogP contribution in [0.2, 0.25) is 0 Å². The van der Waals surface area contributed by atoms with Crippen molar-refractivity contribution in [1.82, 2.24) is 9.80 Å². The third kappa shape index (κ3) is 9.02. The Morgan fingerprint density at radius 1 is 1.17 bits per heavy atom. The van der Waals surface area contributed by atoms with Crippen molar-refractivity contribution in [1.29, 1.82) is 0 Å². The molecule has 1 saturated heterocycles. The van der Waals surface area contributed by atoms with Gasteiger partial charge in [0, 0.05) is 25.8 Å². The number of methoxy groups -OCH3 is 2. The fourth-order valence-corrected chi connectivity index (χ4v) is 5.04. The molecule has 1 aromatic carbocycles. The first-order valence-corrected chi connectivity index (χ1v) is 13.8. The van der Waals surface area contributed by atoms with Crippen molar-refractivity contribution in [2.45, 2.75) is 90.4 Å². The Morgan fingerprint density at radius 3 is 2.47 bits per heavy atom. The summed E-state index contributed by atoms with van der Waals surface area (Å²) < 4.78 is 16.5. The zero-order valence-corrected chi connectivity index (χ0v) is 23.6. The molecule has 1 atom stereocenters. The Kier molecular flexibility index (Phi) is 13.2. The quantitative estimate of drug-likeness (QED) is 0.258. The third-order valence-electron chi connectivity index (χ3n) is 7.81. The summed E-state index contributed by atoms with van der Waals surface area (Å²) in [5.41, 5.74) is 2.21. The molecule has 0 spiro atoms. The Labute approximate surface area is 219 Å². The van der Waals surface area contributed by atoms with Crippen LogP contribution in [0.3, 0.4) is 0 Å². The van der Waals surface area contributed by atoms with Crippen LogP contribution in [0.1, 0.15) is 77.3 Å². The summed E-state index contributed by atoms with van der Waals surface area (Å²) in [7, 11) is 3.19. The van der Waals surface area contributed by atoms with E-state index in [9.17, 15) is 9.90 Å². The first-order chi connectivity index (χ1) is 17.3. The topological polar surface area (TPSA) is 71.5 Å². The highest BCUT2D eigenvalue weighted by atomic mass is 16.7. The molecule has 1 aliphatic rings. The molecule has 0 saturated carbocycles. The van der Waals surface area contributed by atoms with Gasteiger partial charge in [0.25, 0.3) is 0 Å². The molecule has 2 rings (SSSR count). The summed E-state index contributed by atoms with van der Waals surface area (Å²) in [5, 5.41) is 10.6. The molecule has 1 amide bonds. The smallest absolute Gasteiger partial charge is 0.225 e. The fourth-order valence-electron chi connectivity index (χ4n) is 5.04. The molecule has 1 heterocycles. The molecule has 0 bridgehead atoms. The van der Waals surface area contributed by atoms with Crippen LogP contribution in [0.5, 0.6) is 5.75 Å². The normalized spacial score (nSPS) is 16.9. The van der Waals surface area contributed by atoms with Crippen molar-refractivity contribution in [3.8, 4) is 5.75 Å². The number of piperidine rings is 1. The summed E-state index contributed by atoms with van der Waals surface area (Å²) in [4.78, 5) is 17.3. The number of carbonyl (C=O) groups excluding carboxylic acids is 1. The molecule has 7 nitrogen and oxygen atoms in total. The van der Waals surface area contributed by atoms with Crippen LogP contribution >= 0.6 is 0 Å². The maximum absolute atomic E-state index is 13.0. The van der Waals surface area contributed by atoms with Gasteiger partial charge in [0.15, 0.2) is 6.29 Å². The van der Waals surface area contributed by atoms with Gasteiger partial charge in [-0.2, -0.15) is 0 Å². The fraction of sp³-hybridized carbons (Fsp3) is 0.759. The van der Waals surface area contributed by atoms with E-state index in [1.165, 1.54) is 0 Å². The number of amides is 1. The molecule has 1 fully saturated rings. The molecule has 7 heteroatoms. The zero-order chi connectivity index (χ0) is 26.6. The van der Waals surface area contributed by atoms with Gasteiger partial charge in [-0.05, 0) is 69.3 Å². The minimum atomic E-state index is -0.432. The van der Waals surface area contributed by atoms with Gasteiger partial charge >= 0.3 is 0 Å². The van der Waals surface area contributed by atoms with Crippen molar-refractivity contribution in [3.63, 3.8) is 0 Å². The lowest BCUT2D eigenvalue weighted by molar-refractivity contribution is -0.150. The van der Waals surface area contributed by atoms with Crippen LogP contribution in [0.25, 0.3) is 0 Å². The van der Waals surface area contributed by atoms with E-state index in [0.29, 0.717) is 31.9 Å². The van der Waals surface area contributed by atoms with Gasteiger partial charge in [0.05, 0.1) is 26.2 Å². The molecule has 1 aliphatic heterocycles. The van der Waals surface area contributed by atoms with E-state index in [2.05, 4.69) is 38.7 Å². The number of rotatable bonds is 16. The third-order valence-corrected chi connectivity index (χ3v) is 7.81. The molecule has 1 aromatic rings. The number of unbranched alkanes of at least 4 members (excludes halogenated alkanes) is 1. The SMILES string of the molecule is CCCC[C@@H](C)N(CC(OC)OC)C(=O)CCOCCc1ccc(O)c(C2(C)CCN(CC)CC2)c1. The predicted octanol–water partition coefficient (Wildman–Crippen LogP) is 4.74. The van der Waals surface area contributed by atoms with Crippen LogP contribution < -0.4 is 0 Å². The maximum Gasteiger partial charge on any atom is 0.225 e. The van der Waals surface area contributed by atoms with E-state index in [1.54, 1.807) is 14.2 Å². The van der Waals surface area contributed by atoms with E-state index >= 15 is 0 Å². The Hall–Kier alpha value is -1.67. The minimum Gasteiger partial charge on any atom is -0.508 e. The molecule has 36 heavy (non-hydrogen) atoms. The largest absolute Gasteiger partial charge is 0.508 e. The molecule has 1 N–H and O–H groups in total. The Morgan fingerprint density at radius 2 is 1.86 bits per heavy atom. The summed E-state index contributed by atoms with van der Waals surface area (Å²) in [6.45, 7) is 13.3. The van der Waals surface area contributed by atoms with Gasteiger partial charge in [-0.3, -0.25) is 4.79 Å². The maximum atomic E-state index is 13.0. The van der Waals surface area contributed by atoms with Crippen LogP contribution in [-0.4, -0.2) is 86.8 Å². The number of hydrogen-bond donors (Lipinski definition) is 1. The second-order valence-electron chi connectivity index (χ2n) is 10.4. The van der Waals surface area contributed by atoms with E-state index in [-0.39, 0.29) is 17.4 Å². The molecule has 0 aliphatic carbocycles. The van der Waals surface area contributed by atoms with Gasteiger partial charge < -0.3 is 29.1 Å². The number of aromatic hydroxyl groups is 1. The average Bonchev–Trinajstić information content (AvgIpc) is 2.89. The number of likely N-dealkylation sites (tertiary alicyclic amines) is 1. The molecular formula is C29H50N2O5. The molecule has 0 unspecified atom stereocenters. The van der Waals surface area contributed by atoms with Crippen LogP contribution in [0.4, 0.5) is 0 Å². The zero-order valence-electron chi connectivity index (χ0n) is 23.6. The number of phenolic OH excluding ortho intramolecular Hbond substituents is 1. The Balaban J connectivity index is 1.86. The van der Waals surface area contributed by atoms with Gasteiger partial charge in [0.1, 0.15) is 5.75 Å². The summed E-state index contributed by atoms with van der Waals surface area (Å²) in [6.07, 6.45) is 5.90. The lowest BCUT2D eigenvalue weighted by Crippen LogP contribution is -2.44. The second kappa shape index (κ2) is 15.6. The van der Waals surface area contributed by atoms with Crippen molar-refractivity contribution in [3.05, 3.63) is 29.3 Å². The molecule has 0 radical (unpaired) electrons. The van der Waals surface area contributed by atoms with Crippen molar-refractivity contribution in [2.24, 2.45) is 0 Å². The van der Waals surface area contributed by atoms with Gasteiger partial charge in [-0.1, -0.05) is 45.7 Å². The first kappa shape index (κ1) is 30.6. The standard InChI is InChI=1S/C29H50N2O5/c1-7-9-10-23(3)31(22-28(34-5)35-6)27(33)14-20-36-19-13-24-11-12-26(32)25(21-24)29(4)15-17-30(8-2)18-16-29/h11-12,21,23,28,32H,7-10,13-20,22H2,1-6H3/t23-/m1/s1. The highest BCUT2D eigenvalue weighted by molar-refractivity contribution is 5.76. The number of phenols is 1. The number of nitrogens with zero attached hydrogens (tertiary/aromatic N) is 2. The van der Waals surface area contributed by atoms with Crippen LogP contribution in [-0.2, 0) is 30.8 Å². The lowest BCUT2D eigenvalue weighted by Gasteiger charge is -2.39. The lowest BCUT2D eigenvalue weighted by atomic mass is 9.73. The Bertz CT molecular complexity index is 775. The molecule has 0 aromatic heterocycles. The summed E-state index contributed by atoms with van der Waals surface area (Å²) in [5.74, 6) is 0.455. The van der Waals surface area contributed by atoms with E-state index in [1.807, 2.05) is 17.0 Å². The first-order valence-electron chi connectivity index (χ1n) is 13.8. The average molecular weight is 507 g/mol. The van der Waals surface area contributed by atoms with Gasteiger partial charge in [-0.25, -0.2) is 0 Å². The second-order valence-corrected chi connectivity index (χ2v) is 10.4. The van der Waals surface area contributed by atoms with E-state index in [0.717, 1.165) is 69.3 Å². The van der Waals surface area contributed by atoms with Crippen LogP contribution in [0.15, 0.2) is 18.2 Å². The highest BCUT2D eigenvalue weighted by Crippen LogP contribution is 2.40. The summed E-state index contributed by atoms with van der Waals surface area (Å²) >= 11 is 0. The van der Waals surface area contributed by atoms with E-state index in [4.69, 9.17) is 14.2 Å². The molecular weight excluding hydrogens is 456 g/mol. The highest BCUT2D eigenvalue weighted by Gasteiger charge is 2.33.